The third-order valence-corrected chi connectivity index (χ3v) is 2.53. The van der Waals surface area contributed by atoms with E-state index in [9.17, 15) is 25.0 Å². The molecule has 1 rings (SSSR count). The van der Waals surface area contributed by atoms with Crippen molar-refractivity contribution in [3.63, 3.8) is 0 Å². The van der Waals surface area contributed by atoms with Gasteiger partial charge in [0.1, 0.15) is 11.6 Å². The van der Waals surface area contributed by atoms with Gasteiger partial charge in [0.15, 0.2) is 0 Å². The molecule has 120 valence electrons. The molecule has 0 aliphatic carbocycles. The van der Waals surface area contributed by atoms with Gasteiger partial charge in [-0.2, -0.15) is 0 Å². The normalized spacial score (nSPS) is 12.3. The number of carbonyl (C=O) groups excluding carboxylic acids is 1. The first-order chi connectivity index (χ1) is 10.1. The monoisotopic (exact) mass is 311 g/mol. The molecule has 1 atom stereocenters. The highest BCUT2D eigenvalue weighted by Crippen LogP contribution is 2.19. The van der Waals surface area contributed by atoms with Gasteiger partial charge in [-0.15, -0.1) is 0 Å². The lowest BCUT2D eigenvalue weighted by Gasteiger charge is -2.22. The number of amides is 1. The van der Waals surface area contributed by atoms with Crippen LogP contribution in [0.4, 0.5) is 10.5 Å². The molecule has 9 nitrogen and oxygen atoms in total. The molecule has 0 aliphatic heterocycles. The summed E-state index contributed by atoms with van der Waals surface area (Å²) in [5.74, 6) is 0. The van der Waals surface area contributed by atoms with Crippen molar-refractivity contribution in [3.8, 4) is 0 Å². The van der Waals surface area contributed by atoms with Crippen molar-refractivity contribution < 1.29 is 19.4 Å². The van der Waals surface area contributed by atoms with Crippen LogP contribution in [0, 0.1) is 20.2 Å². The fourth-order valence-electron chi connectivity index (χ4n) is 1.66. The molecule has 22 heavy (non-hydrogen) atoms. The number of benzene rings is 1. The van der Waals surface area contributed by atoms with Crippen molar-refractivity contribution in [2.75, 3.05) is 6.54 Å². The minimum atomic E-state index is -0.939. The Morgan fingerprint density at radius 3 is 2.18 bits per heavy atom. The second kappa shape index (κ2) is 6.83. The molecule has 1 N–H and O–H groups in total. The first-order valence-corrected chi connectivity index (χ1v) is 6.44. The molecule has 0 heterocycles. The maximum atomic E-state index is 11.7. The Labute approximate surface area is 126 Å². The minimum absolute atomic E-state index is 0.138. The van der Waals surface area contributed by atoms with Gasteiger partial charge in [-0.05, 0) is 38.5 Å². The lowest BCUT2D eigenvalue weighted by atomic mass is 10.1. The van der Waals surface area contributed by atoms with E-state index in [1.54, 1.807) is 20.8 Å². The van der Waals surface area contributed by atoms with Crippen molar-refractivity contribution in [2.24, 2.45) is 0 Å². The molecule has 1 unspecified atom stereocenters. The van der Waals surface area contributed by atoms with Gasteiger partial charge in [-0.1, -0.05) is 0 Å². The van der Waals surface area contributed by atoms with E-state index in [2.05, 4.69) is 5.32 Å². The lowest BCUT2D eigenvalue weighted by molar-refractivity contribution is -0.484. The summed E-state index contributed by atoms with van der Waals surface area (Å²) in [6.45, 7) is 4.44. The Bertz CT molecular complexity index is 564. The average molecular weight is 311 g/mol. The number of hydrogen-bond acceptors (Lipinski definition) is 6. The van der Waals surface area contributed by atoms with E-state index in [1.807, 2.05) is 0 Å². The molecule has 1 aromatic rings. The van der Waals surface area contributed by atoms with Crippen LogP contribution in [0.3, 0.4) is 0 Å². The molecule has 0 bridgehead atoms. The number of nitro groups is 2. The van der Waals surface area contributed by atoms with Crippen molar-refractivity contribution in [2.45, 2.75) is 32.4 Å². The highest BCUT2D eigenvalue weighted by atomic mass is 16.6. The van der Waals surface area contributed by atoms with Gasteiger partial charge in [-0.25, -0.2) is 4.79 Å². The number of non-ortho nitro benzene ring substituents is 1. The van der Waals surface area contributed by atoms with Crippen LogP contribution in [-0.2, 0) is 4.74 Å². The minimum Gasteiger partial charge on any atom is -0.444 e. The maximum Gasteiger partial charge on any atom is 0.408 e. The second-order valence-corrected chi connectivity index (χ2v) is 5.56. The Morgan fingerprint density at radius 1 is 1.23 bits per heavy atom. The number of nitrogens with zero attached hydrogens (tertiary/aromatic N) is 2. The van der Waals surface area contributed by atoms with Crippen molar-refractivity contribution in [1.82, 2.24) is 5.32 Å². The molecular weight excluding hydrogens is 294 g/mol. The molecule has 9 heteroatoms. The summed E-state index contributed by atoms with van der Waals surface area (Å²) in [4.78, 5) is 31.9. The summed E-state index contributed by atoms with van der Waals surface area (Å²) >= 11 is 0. The Hall–Kier alpha value is -2.71. The predicted molar refractivity (Wildman–Crippen MR) is 77.1 cm³/mol. The zero-order chi connectivity index (χ0) is 16.9. The Morgan fingerprint density at radius 2 is 1.77 bits per heavy atom. The maximum absolute atomic E-state index is 11.7. The zero-order valence-corrected chi connectivity index (χ0v) is 12.4. The van der Waals surface area contributed by atoms with Crippen molar-refractivity contribution >= 4 is 11.8 Å². The van der Waals surface area contributed by atoms with E-state index in [4.69, 9.17) is 4.74 Å². The van der Waals surface area contributed by atoms with Crippen LogP contribution in [-0.4, -0.2) is 28.1 Å². The molecule has 1 aromatic carbocycles. The molecule has 1 amide bonds. The van der Waals surface area contributed by atoms with Gasteiger partial charge in [0, 0.05) is 17.1 Å². The summed E-state index contributed by atoms with van der Waals surface area (Å²) in [6.07, 6.45) is -0.794. The van der Waals surface area contributed by atoms with E-state index in [1.165, 1.54) is 24.3 Å². The van der Waals surface area contributed by atoms with Crippen molar-refractivity contribution in [1.29, 1.82) is 0 Å². The van der Waals surface area contributed by atoms with Crippen LogP contribution in [0.15, 0.2) is 24.3 Å². The van der Waals surface area contributed by atoms with Gasteiger partial charge < -0.3 is 10.1 Å². The average Bonchev–Trinajstić information content (AvgIpc) is 2.35. The van der Waals surface area contributed by atoms with Crippen molar-refractivity contribution in [3.05, 3.63) is 50.1 Å². The first-order valence-electron chi connectivity index (χ1n) is 6.44. The first kappa shape index (κ1) is 17.3. The molecule has 0 aliphatic rings. The summed E-state index contributed by atoms with van der Waals surface area (Å²) < 4.78 is 5.05. The van der Waals surface area contributed by atoms with Gasteiger partial charge in [-0.3, -0.25) is 20.2 Å². The molecule has 0 radical (unpaired) electrons. The topological polar surface area (TPSA) is 125 Å². The van der Waals surface area contributed by atoms with Crippen LogP contribution in [0.25, 0.3) is 0 Å². The van der Waals surface area contributed by atoms with E-state index in [0.717, 1.165) is 0 Å². The number of alkyl carbamates (subject to hydrolysis) is 1. The largest absolute Gasteiger partial charge is 0.444 e. The molecular formula is C13H17N3O6. The third-order valence-electron chi connectivity index (χ3n) is 2.53. The molecule has 0 spiro atoms. The van der Waals surface area contributed by atoms with Crippen LogP contribution in [0.1, 0.15) is 32.4 Å². The summed E-state index contributed by atoms with van der Waals surface area (Å²) in [5.41, 5.74) is -0.493. The van der Waals surface area contributed by atoms with E-state index in [0.29, 0.717) is 5.56 Å². The number of rotatable bonds is 5. The second-order valence-electron chi connectivity index (χ2n) is 5.56. The quantitative estimate of drug-likeness (QED) is 0.657. The Kier molecular flexibility index (Phi) is 5.39. The molecule has 0 saturated carbocycles. The van der Waals surface area contributed by atoms with Crippen LogP contribution in [0.5, 0.6) is 0 Å². The smallest absolute Gasteiger partial charge is 0.408 e. The molecule has 0 saturated heterocycles. The number of nitro benzene ring substituents is 1. The molecule has 0 aromatic heterocycles. The van der Waals surface area contributed by atoms with E-state index >= 15 is 0 Å². The van der Waals surface area contributed by atoms with Gasteiger partial charge >= 0.3 is 6.09 Å². The number of hydrogen-bond donors (Lipinski definition) is 1. The summed E-state index contributed by atoms with van der Waals surface area (Å²) in [6, 6.07) is 4.23. The third kappa shape index (κ3) is 5.73. The lowest BCUT2D eigenvalue weighted by Crippen LogP contribution is -2.37. The van der Waals surface area contributed by atoms with Gasteiger partial charge in [0.05, 0.1) is 4.92 Å². The highest BCUT2D eigenvalue weighted by molar-refractivity contribution is 5.68. The fraction of sp³-hybridized carbons (Fsp3) is 0.462. The van der Waals surface area contributed by atoms with Gasteiger partial charge in [0.2, 0.25) is 6.54 Å². The summed E-state index contributed by atoms with van der Waals surface area (Å²) in [7, 11) is 0. The zero-order valence-electron chi connectivity index (χ0n) is 12.4. The SMILES string of the molecule is CC(C)(C)OC(=O)NC(C[N+](=O)[O-])c1ccc([N+](=O)[O-])cc1. The van der Waals surface area contributed by atoms with Crippen LogP contribution in [0.2, 0.25) is 0 Å². The Balaban J connectivity index is 2.90. The summed E-state index contributed by atoms with van der Waals surface area (Å²) in [5, 5.41) is 23.7. The van der Waals surface area contributed by atoms with Crippen LogP contribution >= 0.6 is 0 Å². The predicted octanol–water partition coefficient (Wildman–Crippen LogP) is 2.44. The van der Waals surface area contributed by atoms with Crippen LogP contribution < -0.4 is 5.32 Å². The van der Waals surface area contributed by atoms with Gasteiger partial charge in [0.25, 0.3) is 5.69 Å². The highest BCUT2D eigenvalue weighted by Gasteiger charge is 2.24. The number of ether oxygens (including phenoxy) is 1. The van der Waals surface area contributed by atoms with E-state index in [-0.39, 0.29) is 5.69 Å². The van der Waals surface area contributed by atoms with E-state index < -0.39 is 34.1 Å². The standard InChI is InChI=1S/C13H17N3O6/c1-13(2,3)22-12(17)14-11(8-15(18)19)9-4-6-10(7-5-9)16(20)21/h4-7,11H,8H2,1-3H3,(H,14,17). The number of nitrogens with one attached hydrogen (secondary N) is 1. The number of carbonyl (C=O) groups is 1. The molecule has 0 fully saturated rings. The fourth-order valence-corrected chi connectivity index (χ4v) is 1.66.